The van der Waals surface area contributed by atoms with E-state index >= 15 is 0 Å². The molecule has 1 aliphatic rings. The topological polar surface area (TPSA) is 111 Å². The van der Waals surface area contributed by atoms with Crippen LogP contribution in [0.4, 0.5) is 5.69 Å². The van der Waals surface area contributed by atoms with Gasteiger partial charge in [0.25, 0.3) is 11.8 Å². The molecule has 1 heterocycles. The number of phenolic OH excluding ortho intramolecular Hbond substituents is 1. The number of piperidine rings is 1. The van der Waals surface area contributed by atoms with Gasteiger partial charge in [0, 0.05) is 18.8 Å². The summed E-state index contributed by atoms with van der Waals surface area (Å²) in [5, 5.41) is 23.8. The van der Waals surface area contributed by atoms with Gasteiger partial charge in [-0.1, -0.05) is 5.16 Å². The molecule has 8 nitrogen and oxygen atoms in total. The second kappa shape index (κ2) is 9.94. The first kappa shape index (κ1) is 22.1. The Morgan fingerprint density at radius 1 is 1.10 bits per heavy atom. The number of carbonyl (C=O) groups excluding carboxylic acids is 2. The first-order chi connectivity index (χ1) is 14.4. The monoisotopic (exact) mass is 539 g/mol. The van der Waals surface area contributed by atoms with Crippen molar-refractivity contribution < 1.29 is 24.6 Å². The van der Waals surface area contributed by atoms with Crippen molar-refractivity contribution in [3.8, 4) is 17.2 Å². The number of halogens is 2. The predicted molar refractivity (Wildman–Crippen MR) is 119 cm³/mol. The zero-order valence-corrected chi connectivity index (χ0v) is 18.9. The lowest BCUT2D eigenvalue weighted by atomic mass is 10.1. The highest BCUT2D eigenvalue weighted by Crippen LogP contribution is 2.40. The number of nitrogens with zero attached hydrogens (tertiary/aromatic N) is 2. The number of aromatic hydroxyl groups is 1. The van der Waals surface area contributed by atoms with E-state index in [-0.39, 0.29) is 17.2 Å². The van der Waals surface area contributed by atoms with Gasteiger partial charge in [-0.25, -0.2) is 0 Å². The number of hydrogen-bond acceptors (Lipinski definition) is 6. The highest BCUT2D eigenvalue weighted by molar-refractivity contribution is 9.11. The van der Waals surface area contributed by atoms with Crippen LogP contribution in [0.25, 0.3) is 0 Å². The Kier molecular flexibility index (Phi) is 7.33. The van der Waals surface area contributed by atoms with Crippen LogP contribution >= 0.6 is 31.9 Å². The molecule has 10 heteroatoms. The molecule has 1 fully saturated rings. The summed E-state index contributed by atoms with van der Waals surface area (Å²) in [6.07, 6.45) is 3.75. The van der Waals surface area contributed by atoms with E-state index in [0.29, 0.717) is 39.2 Å². The minimum atomic E-state index is -0.593. The van der Waals surface area contributed by atoms with Crippen LogP contribution in [0.3, 0.4) is 0 Å². The number of benzene rings is 2. The largest absolute Gasteiger partial charge is 0.507 e. The van der Waals surface area contributed by atoms with Gasteiger partial charge in [-0.3, -0.25) is 9.59 Å². The van der Waals surface area contributed by atoms with E-state index in [1.54, 1.807) is 23.1 Å². The van der Waals surface area contributed by atoms with Crippen LogP contribution < -0.4 is 10.1 Å². The van der Waals surface area contributed by atoms with Gasteiger partial charge in [0.05, 0.1) is 14.5 Å². The summed E-state index contributed by atoms with van der Waals surface area (Å²) < 4.78 is 6.99. The lowest BCUT2D eigenvalue weighted by molar-refractivity contribution is -0.110. The summed E-state index contributed by atoms with van der Waals surface area (Å²) in [6.45, 7) is 1.35. The number of ether oxygens (including phenoxy) is 1. The SMILES string of the molecule is O=C(/C=N/O)Nc1cc(Br)c(Oc2ccc(O)c(C(=O)N3CCCCC3)c2)c(Br)c1. The van der Waals surface area contributed by atoms with E-state index in [0.717, 1.165) is 25.5 Å². The second-order valence-corrected chi connectivity index (χ2v) is 8.35. The van der Waals surface area contributed by atoms with Gasteiger partial charge in [0.2, 0.25) is 0 Å². The van der Waals surface area contributed by atoms with Crippen LogP contribution in [-0.4, -0.2) is 46.3 Å². The Balaban J connectivity index is 1.82. The molecule has 0 unspecified atom stereocenters. The average molecular weight is 541 g/mol. The lowest BCUT2D eigenvalue weighted by Gasteiger charge is -2.27. The van der Waals surface area contributed by atoms with Crippen molar-refractivity contribution in [2.45, 2.75) is 19.3 Å². The van der Waals surface area contributed by atoms with Gasteiger partial charge in [-0.15, -0.1) is 0 Å². The van der Waals surface area contributed by atoms with E-state index in [4.69, 9.17) is 9.94 Å². The fourth-order valence-corrected chi connectivity index (χ4v) is 4.44. The fraction of sp³-hybridized carbons (Fsp3) is 0.250. The molecule has 2 aromatic rings. The molecular formula is C20H19Br2N3O5. The number of anilines is 1. The van der Waals surface area contributed by atoms with Crippen molar-refractivity contribution in [2.75, 3.05) is 18.4 Å². The molecule has 0 bridgehead atoms. The van der Waals surface area contributed by atoms with E-state index < -0.39 is 5.91 Å². The van der Waals surface area contributed by atoms with Crippen LogP contribution in [0, 0.1) is 0 Å². The van der Waals surface area contributed by atoms with Crippen molar-refractivity contribution in [3.63, 3.8) is 0 Å². The molecular weight excluding hydrogens is 522 g/mol. The van der Waals surface area contributed by atoms with Crippen LogP contribution in [0.5, 0.6) is 17.2 Å². The van der Waals surface area contributed by atoms with E-state index in [2.05, 4.69) is 42.3 Å². The van der Waals surface area contributed by atoms with Crippen LogP contribution in [-0.2, 0) is 4.79 Å². The number of nitrogens with one attached hydrogen (secondary N) is 1. The molecule has 0 atom stereocenters. The van der Waals surface area contributed by atoms with Crippen LogP contribution in [0.15, 0.2) is 44.4 Å². The van der Waals surface area contributed by atoms with Gasteiger partial charge in [0.15, 0.2) is 5.75 Å². The lowest BCUT2D eigenvalue weighted by Crippen LogP contribution is -2.35. The highest BCUT2D eigenvalue weighted by Gasteiger charge is 2.22. The Hall–Kier alpha value is -2.59. The summed E-state index contributed by atoms with van der Waals surface area (Å²) >= 11 is 6.79. The molecule has 158 valence electrons. The van der Waals surface area contributed by atoms with Gasteiger partial charge in [0.1, 0.15) is 17.7 Å². The van der Waals surface area contributed by atoms with Gasteiger partial charge >= 0.3 is 0 Å². The summed E-state index contributed by atoms with van der Waals surface area (Å²) in [5.74, 6) is -0.118. The number of amides is 2. The summed E-state index contributed by atoms with van der Waals surface area (Å²) in [7, 11) is 0. The van der Waals surface area contributed by atoms with Gasteiger partial charge in [-0.2, -0.15) is 0 Å². The average Bonchev–Trinajstić information content (AvgIpc) is 2.72. The van der Waals surface area contributed by atoms with Crippen LogP contribution in [0.2, 0.25) is 0 Å². The van der Waals surface area contributed by atoms with Gasteiger partial charge < -0.3 is 25.3 Å². The minimum Gasteiger partial charge on any atom is -0.507 e. The van der Waals surface area contributed by atoms with Crippen molar-refractivity contribution in [1.82, 2.24) is 4.90 Å². The zero-order chi connectivity index (χ0) is 21.7. The standard InChI is InChI=1S/C20H19Br2N3O5/c21-15-8-12(24-18(27)11-23-29)9-16(22)19(15)30-13-4-5-17(26)14(10-13)20(28)25-6-2-1-3-7-25/h4-5,8-11,26,29H,1-3,6-7H2,(H,24,27)/b23-11+. The molecule has 0 spiro atoms. The normalized spacial score (nSPS) is 14.0. The first-order valence-electron chi connectivity index (χ1n) is 9.16. The number of likely N-dealkylation sites (tertiary alicyclic amines) is 1. The molecule has 3 N–H and O–H groups in total. The molecule has 3 rings (SSSR count). The second-order valence-electron chi connectivity index (χ2n) is 6.64. The summed E-state index contributed by atoms with van der Waals surface area (Å²) in [4.78, 5) is 26.1. The predicted octanol–water partition coefficient (Wildman–Crippen LogP) is 4.73. The Morgan fingerprint density at radius 2 is 1.77 bits per heavy atom. The highest BCUT2D eigenvalue weighted by atomic mass is 79.9. The molecule has 0 aromatic heterocycles. The van der Waals surface area contributed by atoms with Gasteiger partial charge in [-0.05, 0) is 81.5 Å². The number of hydrogen-bond donors (Lipinski definition) is 3. The third-order valence-electron chi connectivity index (χ3n) is 4.50. The maximum atomic E-state index is 12.8. The Labute approximate surface area is 189 Å². The van der Waals surface area contributed by atoms with E-state index in [9.17, 15) is 14.7 Å². The third-order valence-corrected chi connectivity index (χ3v) is 5.68. The molecule has 2 amide bonds. The van der Waals surface area contributed by atoms with Crippen molar-refractivity contribution in [2.24, 2.45) is 5.16 Å². The van der Waals surface area contributed by atoms with Crippen LogP contribution in [0.1, 0.15) is 29.6 Å². The number of oxime groups is 1. The number of carbonyl (C=O) groups is 2. The van der Waals surface area contributed by atoms with Crippen molar-refractivity contribution in [1.29, 1.82) is 0 Å². The Morgan fingerprint density at radius 3 is 2.40 bits per heavy atom. The zero-order valence-electron chi connectivity index (χ0n) is 15.8. The molecule has 1 saturated heterocycles. The number of phenols is 1. The Bertz CT molecular complexity index is 967. The molecule has 0 aliphatic carbocycles. The molecule has 0 saturated carbocycles. The van der Waals surface area contributed by atoms with Crippen molar-refractivity contribution in [3.05, 3.63) is 44.8 Å². The maximum Gasteiger partial charge on any atom is 0.270 e. The van der Waals surface area contributed by atoms with E-state index in [1.807, 2.05) is 0 Å². The minimum absolute atomic E-state index is 0.0975. The smallest absolute Gasteiger partial charge is 0.270 e. The number of rotatable bonds is 5. The fourth-order valence-electron chi connectivity index (χ4n) is 3.09. The molecule has 1 aliphatic heterocycles. The van der Waals surface area contributed by atoms with E-state index in [1.165, 1.54) is 12.1 Å². The summed E-state index contributed by atoms with van der Waals surface area (Å²) in [5.41, 5.74) is 0.631. The third kappa shape index (κ3) is 5.31. The maximum absolute atomic E-state index is 12.8. The molecule has 2 aromatic carbocycles. The van der Waals surface area contributed by atoms with Crippen molar-refractivity contribution >= 4 is 55.6 Å². The first-order valence-corrected chi connectivity index (χ1v) is 10.7. The molecule has 30 heavy (non-hydrogen) atoms. The summed E-state index contributed by atoms with van der Waals surface area (Å²) in [6, 6.07) is 7.73. The molecule has 0 radical (unpaired) electrons. The quantitative estimate of drug-likeness (QED) is 0.288.